The molecule has 0 aliphatic carbocycles. The van der Waals surface area contributed by atoms with Gasteiger partial charge in [0.1, 0.15) is 6.33 Å². The normalized spacial score (nSPS) is 13.6. The zero-order valence-corrected chi connectivity index (χ0v) is 10.5. The lowest BCUT2D eigenvalue weighted by atomic mass is 9.87. The first kappa shape index (κ1) is 12.9. The van der Waals surface area contributed by atoms with Gasteiger partial charge >= 0.3 is 0 Å². The van der Waals surface area contributed by atoms with Crippen LogP contribution in [-0.2, 0) is 6.42 Å². The molecule has 0 amide bonds. The third-order valence-electron chi connectivity index (χ3n) is 2.25. The van der Waals surface area contributed by atoms with Crippen LogP contribution in [0.15, 0.2) is 12.4 Å². The highest BCUT2D eigenvalue weighted by Crippen LogP contribution is 2.21. The second-order valence-electron chi connectivity index (χ2n) is 5.28. The average Bonchev–Trinajstić information content (AvgIpc) is 2.15. The van der Waals surface area contributed by atoms with Crippen molar-refractivity contribution in [3.63, 3.8) is 0 Å². The van der Waals surface area contributed by atoms with Crippen LogP contribution in [0.1, 0.15) is 32.9 Å². The maximum atomic E-state index is 6.08. The van der Waals surface area contributed by atoms with E-state index in [-0.39, 0.29) is 11.5 Å². The van der Waals surface area contributed by atoms with E-state index in [1.54, 1.807) is 7.11 Å². The third kappa shape index (κ3) is 4.57. The fourth-order valence-electron chi connectivity index (χ4n) is 1.73. The zero-order chi connectivity index (χ0) is 12.2. The van der Waals surface area contributed by atoms with Gasteiger partial charge in [0, 0.05) is 24.2 Å². The van der Waals surface area contributed by atoms with Crippen LogP contribution < -0.4 is 10.5 Å². The lowest BCUT2D eigenvalue weighted by Crippen LogP contribution is -2.28. The van der Waals surface area contributed by atoms with Crippen LogP contribution in [0.4, 0.5) is 0 Å². The summed E-state index contributed by atoms with van der Waals surface area (Å²) >= 11 is 0. The summed E-state index contributed by atoms with van der Waals surface area (Å²) in [5, 5.41) is 0. The molecule has 1 atom stereocenters. The standard InChI is InChI=1S/C12H21N3O/c1-12(2,3)7-9(13)5-10-6-11(16-4)15-8-14-10/h6,8-9H,5,7,13H2,1-4H3. The molecule has 1 rings (SSSR count). The summed E-state index contributed by atoms with van der Waals surface area (Å²) in [7, 11) is 1.60. The Morgan fingerprint density at radius 1 is 1.38 bits per heavy atom. The van der Waals surface area contributed by atoms with E-state index in [0.717, 1.165) is 18.5 Å². The minimum atomic E-state index is 0.125. The summed E-state index contributed by atoms with van der Waals surface area (Å²) in [6.07, 6.45) is 3.24. The summed E-state index contributed by atoms with van der Waals surface area (Å²) in [6.45, 7) is 6.56. The highest BCUT2D eigenvalue weighted by molar-refractivity contribution is 5.14. The lowest BCUT2D eigenvalue weighted by Gasteiger charge is -2.22. The quantitative estimate of drug-likeness (QED) is 0.845. The second-order valence-corrected chi connectivity index (χ2v) is 5.28. The molecule has 0 bridgehead atoms. The number of methoxy groups -OCH3 is 1. The van der Waals surface area contributed by atoms with E-state index in [2.05, 4.69) is 30.7 Å². The SMILES string of the molecule is COc1cc(CC(N)CC(C)(C)C)ncn1. The van der Waals surface area contributed by atoms with E-state index in [0.29, 0.717) is 5.88 Å². The first-order valence-electron chi connectivity index (χ1n) is 5.51. The minimum Gasteiger partial charge on any atom is -0.481 e. The topological polar surface area (TPSA) is 61.0 Å². The summed E-state index contributed by atoms with van der Waals surface area (Å²) in [5.41, 5.74) is 7.26. The molecule has 0 aliphatic heterocycles. The molecule has 0 fully saturated rings. The second kappa shape index (κ2) is 5.25. The molecule has 16 heavy (non-hydrogen) atoms. The molecular weight excluding hydrogens is 202 g/mol. The summed E-state index contributed by atoms with van der Waals surface area (Å²) < 4.78 is 5.05. The summed E-state index contributed by atoms with van der Waals surface area (Å²) in [4.78, 5) is 8.15. The Morgan fingerprint density at radius 2 is 2.06 bits per heavy atom. The van der Waals surface area contributed by atoms with E-state index < -0.39 is 0 Å². The first-order chi connectivity index (χ1) is 7.40. The molecule has 1 aromatic rings. The van der Waals surface area contributed by atoms with E-state index >= 15 is 0 Å². The van der Waals surface area contributed by atoms with Crippen molar-refractivity contribution in [2.24, 2.45) is 11.1 Å². The largest absolute Gasteiger partial charge is 0.481 e. The Hall–Kier alpha value is -1.16. The van der Waals surface area contributed by atoms with Crippen molar-refractivity contribution in [3.8, 4) is 5.88 Å². The molecule has 1 unspecified atom stereocenters. The smallest absolute Gasteiger partial charge is 0.216 e. The van der Waals surface area contributed by atoms with Crippen LogP contribution in [0.3, 0.4) is 0 Å². The molecule has 4 nitrogen and oxygen atoms in total. The maximum Gasteiger partial charge on any atom is 0.216 e. The maximum absolute atomic E-state index is 6.08. The van der Waals surface area contributed by atoms with Crippen LogP contribution >= 0.6 is 0 Å². The van der Waals surface area contributed by atoms with Gasteiger partial charge in [-0.25, -0.2) is 9.97 Å². The van der Waals surface area contributed by atoms with Gasteiger partial charge < -0.3 is 10.5 Å². The van der Waals surface area contributed by atoms with Crippen LogP contribution in [0.5, 0.6) is 5.88 Å². The van der Waals surface area contributed by atoms with Crippen molar-refractivity contribution in [2.75, 3.05) is 7.11 Å². The number of hydrogen-bond acceptors (Lipinski definition) is 4. The van der Waals surface area contributed by atoms with Crippen LogP contribution in [0, 0.1) is 5.41 Å². The predicted molar refractivity (Wildman–Crippen MR) is 64.3 cm³/mol. The van der Waals surface area contributed by atoms with Gasteiger partial charge in [-0.3, -0.25) is 0 Å². The Labute approximate surface area is 97.2 Å². The lowest BCUT2D eigenvalue weighted by molar-refractivity contribution is 0.337. The van der Waals surface area contributed by atoms with Gasteiger partial charge in [0.15, 0.2) is 0 Å². The summed E-state index contributed by atoms with van der Waals surface area (Å²) in [6, 6.07) is 1.96. The van der Waals surface area contributed by atoms with E-state index in [4.69, 9.17) is 10.5 Å². The highest BCUT2D eigenvalue weighted by Gasteiger charge is 2.16. The molecule has 0 radical (unpaired) electrons. The van der Waals surface area contributed by atoms with Crippen molar-refractivity contribution in [1.82, 2.24) is 9.97 Å². The van der Waals surface area contributed by atoms with Crippen molar-refractivity contribution >= 4 is 0 Å². The van der Waals surface area contributed by atoms with Gasteiger partial charge in [0.2, 0.25) is 5.88 Å². The monoisotopic (exact) mass is 223 g/mol. The average molecular weight is 223 g/mol. The number of nitrogens with zero attached hydrogens (tertiary/aromatic N) is 2. The van der Waals surface area contributed by atoms with Crippen molar-refractivity contribution in [1.29, 1.82) is 0 Å². The fraction of sp³-hybridized carbons (Fsp3) is 0.667. The molecule has 0 saturated carbocycles. The van der Waals surface area contributed by atoms with Crippen LogP contribution in [-0.4, -0.2) is 23.1 Å². The predicted octanol–water partition coefficient (Wildman–Crippen LogP) is 1.79. The first-order valence-corrected chi connectivity index (χ1v) is 5.51. The van der Waals surface area contributed by atoms with Crippen molar-refractivity contribution in [2.45, 2.75) is 39.7 Å². The van der Waals surface area contributed by atoms with E-state index in [1.807, 2.05) is 6.07 Å². The van der Waals surface area contributed by atoms with Crippen molar-refractivity contribution in [3.05, 3.63) is 18.1 Å². The number of ether oxygens (including phenoxy) is 1. The summed E-state index contributed by atoms with van der Waals surface area (Å²) in [5.74, 6) is 0.591. The minimum absolute atomic E-state index is 0.125. The van der Waals surface area contributed by atoms with E-state index in [9.17, 15) is 0 Å². The van der Waals surface area contributed by atoms with Crippen LogP contribution in [0.25, 0.3) is 0 Å². The molecule has 4 heteroatoms. The fourth-order valence-corrected chi connectivity index (χ4v) is 1.73. The number of nitrogens with two attached hydrogens (primary N) is 1. The molecular formula is C12H21N3O. The number of rotatable bonds is 4. The zero-order valence-electron chi connectivity index (χ0n) is 10.5. The number of aromatic nitrogens is 2. The van der Waals surface area contributed by atoms with Gasteiger partial charge in [-0.1, -0.05) is 20.8 Å². The van der Waals surface area contributed by atoms with Gasteiger partial charge in [0.05, 0.1) is 7.11 Å². The van der Waals surface area contributed by atoms with Gasteiger partial charge in [-0.15, -0.1) is 0 Å². The van der Waals surface area contributed by atoms with Gasteiger partial charge in [0.25, 0.3) is 0 Å². The Bertz CT molecular complexity index is 333. The molecule has 1 heterocycles. The Kier molecular flexibility index (Phi) is 4.24. The molecule has 0 saturated heterocycles. The molecule has 1 aromatic heterocycles. The molecule has 90 valence electrons. The van der Waals surface area contributed by atoms with E-state index in [1.165, 1.54) is 6.33 Å². The van der Waals surface area contributed by atoms with Gasteiger partial charge in [-0.05, 0) is 11.8 Å². The Balaban J connectivity index is 2.59. The van der Waals surface area contributed by atoms with Crippen molar-refractivity contribution < 1.29 is 4.74 Å². The molecule has 0 aliphatic rings. The molecule has 0 aromatic carbocycles. The highest BCUT2D eigenvalue weighted by atomic mass is 16.5. The Morgan fingerprint density at radius 3 is 2.62 bits per heavy atom. The molecule has 0 spiro atoms. The third-order valence-corrected chi connectivity index (χ3v) is 2.25. The molecule has 2 N–H and O–H groups in total. The number of hydrogen-bond donors (Lipinski definition) is 1. The van der Waals surface area contributed by atoms with Crippen LogP contribution in [0.2, 0.25) is 0 Å². The van der Waals surface area contributed by atoms with Gasteiger partial charge in [-0.2, -0.15) is 0 Å².